The van der Waals surface area contributed by atoms with E-state index >= 15 is 0 Å². The van der Waals surface area contributed by atoms with Crippen LogP contribution in [-0.2, 0) is 13.0 Å². The SMILES string of the molecule is CCN1CCN(c2ccc(CN=C(N)NCCc3ccccc3)cc2F)CC1. The Hall–Kier alpha value is -2.60. The number of nitrogens with zero attached hydrogens (tertiary/aromatic N) is 3. The van der Waals surface area contributed by atoms with E-state index in [-0.39, 0.29) is 5.82 Å². The van der Waals surface area contributed by atoms with Crippen LogP contribution in [-0.4, -0.2) is 50.1 Å². The summed E-state index contributed by atoms with van der Waals surface area (Å²) in [4.78, 5) is 8.83. The van der Waals surface area contributed by atoms with Crippen LogP contribution < -0.4 is 16.0 Å². The molecule has 1 fully saturated rings. The molecule has 150 valence electrons. The number of anilines is 1. The summed E-state index contributed by atoms with van der Waals surface area (Å²) in [5.41, 5.74) is 8.68. The summed E-state index contributed by atoms with van der Waals surface area (Å²) in [6.45, 7) is 7.98. The summed E-state index contributed by atoms with van der Waals surface area (Å²) in [6.07, 6.45) is 0.881. The van der Waals surface area contributed by atoms with Gasteiger partial charge in [-0.15, -0.1) is 0 Å². The number of benzene rings is 2. The van der Waals surface area contributed by atoms with E-state index in [1.165, 1.54) is 5.56 Å². The highest BCUT2D eigenvalue weighted by atomic mass is 19.1. The van der Waals surface area contributed by atoms with E-state index in [4.69, 9.17) is 5.73 Å². The maximum Gasteiger partial charge on any atom is 0.188 e. The van der Waals surface area contributed by atoms with Gasteiger partial charge in [0, 0.05) is 32.7 Å². The highest BCUT2D eigenvalue weighted by molar-refractivity contribution is 5.77. The molecule has 0 radical (unpaired) electrons. The molecule has 28 heavy (non-hydrogen) atoms. The quantitative estimate of drug-likeness (QED) is 0.570. The molecule has 6 heteroatoms. The van der Waals surface area contributed by atoms with Gasteiger partial charge in [-0.2, -0.15) is 0 Å². The normalized spacial score (nSPS) is 15.6. The first-order valence-electron chi connectivity index (χ1n) is 9.99. The third-order valence-electron chi connectivity index (χ3n) is 5.17. The Labute approximate surface area is 167 Å². The molecule has 0 unspecified atom stereocenters. The number of nitrogens with one attached hydrogen (secondary N) is 1. The maximum atomic E-state index is 14.6. The molecule has 5 nitrogen and oxygen atoms in total. The molecule has 0 amide bonds. The molecule has 0 saturated carbocycles. The molecule has 0 atom stereocenters. The minimum atomic E-state index is -0.187. The van der Waals surface area contributed by atoms with Gasteiger partial charge in [0.15, 0.2) is 5.96 Å². The van der Waals surface area contributed by atoms with Gasteiger partial charge in [0.05, 0.1) is 12.2 Å². The van der Waals surface area contributed by atoms with Crippen LogP contribution >= 0.6 is 0 Å². The summed E-state index contributed by atoms with van der Waals surface area (Å²) >= 11 is 0. The van der Waals surface area contributed by atoms with Gasteiger partial charge in [-0.05, 0) is 36.2 Å². The Morgan fingerprint density at radius 2 is 1.82 bits per heavy atom. The molecule has 0 aliphatic carbocycles. The van der Waals surface area contributed by atoms with Crippen LogP contribution in [0.5, 0.6) is 0 Å². The fourth-order valence-corrected chi connectivity index (χ4v) is 3.42. The molecule has 3 rings (SSSR count). The van der Waals surface area contributed by atoms with E-state index in [0.29, 0.717) is 18.2 Å². The molecule has 3 N–H and O–H groups in total. The first-order chi connectivity index (χ1) is 13.7. The van der Waals surface area contributed by atoms with Crippen LogP contribution in [0.2, 0.25) is 0 Å². The number of halogens is 1. The van der Waals surface area contributed by atoms with Crippen molar-refractivity contribution in [3.8, 4) is 0 Å². The van der Waals surface area contributed by atoms with Crippen molar-refractivity contribution in [2.75, 3.05) is 44.2 Å². The highest BCUT2D eigenvalue weighted by Crippen LogP contribution is 2.22. The molecule has 1 heterocycles. The number of nitrogens with two attached hydrogens (primary N) is 1. The van der Waals surface area contributed by atoms with Crippen LogP contribution in [0.1, 0.15) is 18.1 Å². The molecule has 0 aromatic heterocycles. The molecule has 0 spiro atoms. The summed E-state index contributed by atoms with van der Waals surface area (Å²) in [5.74, 6) is 0.198. The number of piperazine rings is 1. The van der Waals surface area contributed by atoms with Crippen molar-refractivity contribution in [2.24, 2.45) is 10.7 Å². The van der Waals surface area contributed by atoms with Gasteiger partial charge in [0.2, 0.25) is 0 Å². The molecule has 1 saturated heterocycles. The van der Waals surface area contributed by atoms with Gasteiger partial charge >= 0.3 is 0 Å². The van der Waals surface area contributed by atoms with Crippen molar-refractivity contribution >= 4 is 11.6 Å². The van der Waals surface area contributed by atoms with Crippen LogP contribution in [0.15, 0.2) is 53.5 Å². The Bertz CT molecular complexity index is 770. The summed E-state index contributed by atoms with van der Waals surface area (Å²) in [5, 5.41) is 3.11. The zero-order valence-corrected chi connectivity index (χ0v) is 16.6. The predicted molar refractivity (Wildman–Crippen MR) is 114 cm³/mol. The third kappa shape index (κ3) is 5.70. The van der Waals surface area contributed by atoms with E-state index in [1.807, 2.05) is 30.3 Å². The average molecular weight is 384 g/mol. The van der Waals surface area contributed by atoms with Gasteiger partial charge in [-0.1, -0.05) is 43.3 Å². The highest BCUT2D eigenvalue weighted by Gasteiger charge is 2.18. The zero-order valence-electron chi connectivity index (χ0n) is 16.6. The molecule has 0 bridgehead atoms. The van der Waals surface area contributed by atoms with E-state index in [9.17, 15) is 4.39 Å². The molecular weight excluding hydrogens is 353 g/mol. The minimum absolute atomic E-state index is 0.187. The largest absolute Gasteiger partial charge is 0.370 e. The number of rotatable bonds is 7. The van der Waals surface area contributed by atoms with E-state index < -0.39 is 0 Å². The first kappa shape index (κ1) is 20.1. The van der Waals surface area contributed by atoms with Crippen LogP contribution in [0.4, 0.5) is 10.1 Å². The molecule has 2 aromatic rings. The summed E-state index contributed by atoms with van der Waals surface area (Å²) in [7, 11) is 0. The second-order valence-corrected chi connectivity index (χ2v) is 7.07. The summed E-state index contributed by atoms with van der Waals surface area (Å²) in [6, 6.07) is 15.6. The Balaban J connectivity index is 1.49. The zero-order chi connectivity index (χ0) is 19.8. The number of hydrogen-bond donors (Lipinski definition) is 2. The summed E-state index contributed by atoms with van der Waals surface area (Å²) < 4.78 is 14.6. The van der Waals surface area contributed by atoms with E-state index in [0.717, 1.165) is 51.3 Å². The number of hydrogen-bond acceptors (Lipinski definition) is 3. The van der Waals surface area contributed by atoms with Crippen LogP contribution in [0.25, 0.3) is 0 Å². The standard InChI is InChI=1S/C22H30FN5/c1-2-27-12-14-28(15-13-27)21-9-8-19(16-20(21)23)17-26-22(24)25-11-10-18-6-4-3-5-7-18/h3-9,16H,2,10-15,17H2,1H3,(H3,24,25,26). The monoisotopic (exact) mass is 383 g/mol. The van der Waals surface area contributed by atoms with Gasteiger partial charge in [0.25, 0.3) is 0 Å². The van der Waals surface area contributed by atoms with Crippen molar-refractivity contribution in [3.63, 3.8) is 0 Å². The van der Waals surface area contributed by atoms with Gasteiger partial charge < -0.3 is 20.9 Å². The fourth-order valence-electron chi connectivity index (χ4n) is 3.42. The topological polar surface area (TPSA) is 56.9 Å². The van der Waals surface area contributed by atoms with Crippen molar-refractivity contribution in [2.45, 2.75) is 19.9 Å². The fraction of sp³-hybridized carbons (Fsp3) is 0.409. The first-order valence-corrected chi connectivity index (χ1v) is 9.99. The van der Waals surface area contributed by atoms with Crippen molar-refractivity contribution < 1.29 is 4.39 Å². The number of guanidine groups is 1. The minimum Gasteiger partial charge on any atom is -0.370 e. The van der Waals surface area contributed by atoms with Crippen molar-refractivity contribution in [3.05, 3.63) is 65.5 Å². The smallest absolute Gasteiger partial charge is 0.188 e. The van der Waals surface area contributed by atoms with Gasteiger partial charge in [0.1, 0.15) is 5.82 Å². The lowest BCUT2D eigenvalue weighted by Crippen LogP contribution is -2.46. The number of aliphatic imine (C=N–C) groups is 1. The third-order valence-corrected chi connectivity index (χ3v) is 5.17. The van der Waals surface area contributed by atoms with Crippen molar-refractivity contribution in [1.82, 2.24) is 10.2 Å². The lowest BCUT2D eigenvalue weighted by Gasteiger charge is -2.35. The molecule has 2 aromatic carbocycles. The average Bonchev–Trinajstić information content (AvgIpc) is 2.73. The second kappa shape index (κ2) is 10.1. The molecule has 1 aliphatic heterocycles. The molecule has 1 aliphatic rings. The lowest BCUT2D eigenvalue weighted by atomic mass is 10.1. The lowest BCUT2D eigenvalue weighted by molar-refractivity contribution is 0.270. The Morgan fingerprint density at radius 3 is 2.50 bits per heavy atom. The van der Waals surface area contributed by atoms with Gasteiger partial charge in [-0.3, -0.25) is 0 Å². The van der Waals surface area contributed by atoms with Crippen LogP contribution in [0.3, 0.4) is 0 Å². The molecular formula is C22H30FN5. The Kier molecular flexibility index (Phi) is 7.25. The second-order valence-electron chi connectivity index (χ2n) is 7.07. The maximum absolute atomic E-state index is 14.6. The number of likely N-dealkylation sites (N-methyl/N-ethyl adjacent to an activating group) is 1. The van der Waals surface area contributed by atoms with Crippen molar-refractivity contribution in [1.29, 1.82) is 0 Å². The van der Waals surface area contributed by atoms with Crippen LogP contribution in [0, 0.1) is 5.82 Å². The van der Waals surface area contributed by atoms with E-state index in [2.05, 4.69) is 39.2 Å². The van der Waals surface area contributed by atoms with E-state index in [1.54, 1.807) is 6.07 Å². The van der Waals surface area contributed by atoms with Gasteiger partial charge in [-0.25, -0.2) is 9.38 Å². The predicted octanol–water partition coefficient (Wildman–Crippen LogP) is 2.61. The Morgan fingerprint density at radius 1 is 1.07 bits per heavy atom.